The van der Waals surface area contributed by atoms with Crippen molar-refractivity contribution in [3.05, 3.63) is 59.7 Å². The summed E-state index contributed by atoms with van der Waals surface area (Å²) in [5, 5.41) is 12.2. The van der Waals surface area contributed by atoms with E-state index in [0.29, 0.717) is 0 Å². The number of carbonyl (C=O) groups excluding carboxylic acids is 2. The van der Waals surface area contributed by atoms with Crippen LogP contribution in [0.3, 0.4) is 0 Å². The van der Waals surface area contributed by atoms with E-state index in [1.54, 1.807) is 20.8 Å². The number of ether oxygens (including phenoxy) is 2. The zero-order valence-corrected chi connectivity index (χ0v) is 18.9. The van der Waals surface area contributed by atoms with Gasteiger partial charge in [0.1, 0.15) is 18.2 Å². The number of alkyl carbamates (subject to hydrolysis) is 1. The van der Waals surface area contributed by atoms with E-state index >= 15 is 0 Å². The Morgan fingerprint density at radius 3 is 2.15 bits per heavy atom. The second-order valence-corrected chi connectivity index (χ2v) is 9.39. The van der Waals surface area contributed by atoms with E-state index in [1.807, 2.05) is 36.4 Å². The van der Waals surface area contributed by atoms with Crippen molar-refractivity contribution in [1.29, 1.82) is 0 Å². The second kappa shape index (κ2) is 8.77. The fourth-order valence-electron chi connectivity index (χ4n) is 4.50. The Morgan fingerprint density at radius 1 is 1.03 bits per heavy atom. The number of hydrogen-bond donors (Lipinski definition) is 2. The zero-order valence-electron chi connectivity index (χ0n) is 18.9. The molecule has 2 aromatic carbocycles. The van der Waals surface area contributed by atoms with E-state index in [-0.39, 0.29) is 25.5 Å². The summed E-state index contributed by atoms with van der Waals surface area (Å²) in [6.45, 7) is 5.33. The maximum absolute atomic E-state index is 12.5. The Hall–Kier alpha value is -3.55. The number of carboxylic acid groups (broad SMARTS) is 1. The number of fused-ring (bicyclic) bond motifs is 3. The second-order valence-electron chi connectivity index (χ2n) is 9.39. The monoisotopic (exact) mass is 452 g/mol. The molecule has 2 aromatic rings. The SMILES string of the molecule is CC(C)(C)OC(=O)N1CC(NC(=O)OCC2c3ccccc3-c3ccccc32)C[C@H]1C(=O)O. The van der Waals surface area contributed by atoms with Crippen LogP contribution in [-0.4, -0.2) is 59.0 Å². The smallest absolute Gasteiger partial charge is 0.411 e. The summed E-state index contributed by atoms with van der Waals surface area (Å²) < 4.78 is 10.9. The predicted octanol–water partition coefficient (Wildman–Crippen LogP) is 3.99. The molecule has 2 aliphatic rings. The number of likely N-dealkylation sites (tertiary alicyclic amines) is 1. The Morgan fingerprint density at radius 2 is 1.61 bits per heavy atom. The third kappa shape index (κ3) is 4.79. The number of amides is 2. The number of hydrogen-bond acceptors (Lipinski definition) is 5. The maximum Gasteiger partial charge on any atom is 0.411 e. The van der Waals surface area contributed by atoms with E-state index in [4.69, 9.17) is 9.47 Å². The molecule has 33 heavy (non-hydrogen) atoms. The number of nitrogens with one attached hydrogen (secondary N) is 1. The molecule has 0 radical (unpaired) electrons. The van der Waals surface area contributed by atoms with Crippen LogP contribution in [0, 0.1) is 0 Å². The summed E-state index contributed by atoms with van der Waals surface area (Å²) in [5.74, 6) is -1.21. The highest BCUT2D eigenvalue weighted by atomic mass is 16.6. The molecule has 2 N–H and O–H groups in total. The summed E-state index contributed by atoms with van der Waals surface area (Å²) >= 11 is 0. The summed E-state index contributed by atoms with van der Waals surface area (Å²) in [6, 6.07) is 14.5. The van der Waals surface area contributed by atoms with Gasteiger partial charge in [0.05, 0.1) is 6.04 Å². The van der Waals surface area contributed by atoms with Crippen LogP contribution in [0.15, 0.2) is 48.5 Å². The molecular weight excluding hydrogens is 424 g/mol. The number of benzene rings is 2. The van der Waals surface area contributed by atoms with Gasteiger partial charge in [-0.15, -0.1) is 0 Å². The minimum Gasteiger partial charge on any atom is -0.480 e. The molecule has 2 amide bonds. The van der Waals surface area contributed by atoms with Crippen molar-refractivity contribution in [3.63, 3.8) is 0 Å². The molecule has 1 heterocycles. The molecule has 0 saturated carbocycles. The molecule has 8 nitrogen and oxygen atoms in total. The molecular formula is C25H28N2O6. The molecule has 1 aliphatic heterocycles. The van der Waals surface area contributed by atoms with E-state index in [2.05, 4.69) is 17.4 Å². The van der Waals surface area contributed by atoms with Crippen LogP contribution in [0.25, 0.3) is 11.1 Å². The van der Waals surface area contributed by atoms with Crippen LogP contribution in [-0.2, 0) is 14.3 Å². The topological polar surface area (TPSA) is 105 Å². The standard InChI is InChI=1S/C25H28N2O6/c1-25(2,3)33-24(31)27-13-15(12-21(27)22(28)29)26-23(30)32-14-20-18-10-6-4-8-16(18)17-9-5-7-11-19(17)20/h4-11,15,20-21H,12-14H2,1-3H3,(H,26,30)(H,28,29)/t15?,21-/m0/s1. The largest absolute Gasteiger partial charge is 0.480 e. The molecule has 0 spiro atoms. The summed E-state index contributed by atoms with van der Waals surface area (Å²) in [6.07, 6.45) is -1.28. The Bertz CT molecular complexity index is 1030. The highest BCUT2D eigenvalue weighted by Crippen LogP contribution is 2.44. The minimum atomic E-state index is -1.14. The van der Waals surface area contributed by atoms with Crippen LogP contribution in [0.2, 0.25) is 0 Å². The van der Waals surface area contributed by atoms with Crippen LogP contribution >= 0.6 is 0 Å². The van der Waals surface area contributed by atoms with Gasteiger partial charge >= 0.3 is 18.2 Å². The van der Waals surface area contributed by atoms with Gasteiger partial charge in [-0.3, -0.25) is 4.90 Å². The van der Waals surface area contributed by atoms with Gasteiger partial charge in [-0.1, -0.05) is 48.5 Å². The molecule has 4 rings (SSSR count). The molecule has 1 saturated heterocycles. The Balaban J connectivity index is 1.39. The van der Waals surface area contributed by atoms with Crippen molar-refractivity contribution in [2.24, 2.45) is 0 Å². The first-order valence-corrected chi connectivity index (χ1v) is 11.0. The van der Waals surface area contributed by atoms with Crippen LogP contribution in [0.1, 0.15) is 44.2 Å². The van der Waals surface area contributed by atoms with Crippen LogP contribution < -0.4 is 5.32 Å². The number of carboxylic acids is 1. The number of aliphatic carboxylic acids is 1. The van der Waals surface area contributed by atoms with Gasteiger partial charge in [-0.25, -0.2) is 14.4 Å². The number of carbonyl (C=O) groups is 3. The summed E-state index contributed by atoms with van der Waals surface area (Å²) in [4.78, 5) is 37.8. The molecule has 0 bridgehead atoms. The van der Waals surface area contributed by atoms with Gasteiger partial charge in [0, 0.05) is 18.9 Å². The van der Waals surface area contributed by atoms with E-state index < -0.39 is 35.8 Å². The minimum absolute atomic E-state index is 0.0378. The van der Waals surface area contributed by atoms with Gasteiger partial charge in [0.15, 0.2) is 0 Å². The summed E-state index contributed by atoms with van der Waals surface area (Å²) in [5.41, 5.74) is 3.73. The van der Waals surface area contributed by atoms with Gasteiger partial charge < -0.3 is 19.9 Å². The predicted molar refractivity (Wildman–Crippen MR) is 121 cm³/mol. The molecule has 2 atom stereocenters. The lowest BCUT2D eigenvalue weighted by Crippen LogP contribution is -2.44. The molecule has 8 heteroatoms. The van der Waals surface area contributed by atoms with Gasteiger partial charge in [-0.05, 0) is 43.0 Å². The van der Waals surface area contributed by atoms with E-state index in [9.17, 15) is 19.5 Å². The van der Waals surface area contributed by atoms with Crippen molar-refractivity contribution >= 4 is 18.2 Å². The van der Waals surface area contributed by atoms with Gasteiger partial charge in [-0.2, -0.15) is 0 Å². The Labute approximate surface area is 192 Å². The number of rotatable bonds is 4. The third-order valence-corrected chi connectivity index (χ3v) is 5.88. The van der Waals surface area contributed by atoms with Crippen LogP contribution in [0.5, 0.6) is 0 Å². The first-order valence-electron chi connectivity index (χ1n) is 11.0. The lowest BCUT2D eigenvalue weighted by atomic mass is 9.98. The first-order chi connectivity index (χ1) is 15.6. The lowest BCUT2D eigenvalue weighted by molar-refractivity contribution is -0.142. The fourth-order valence-corrected chi connectivity index (χ4v) is 4.50. The van der Waals surface area contributed by atoms with Gasteiger partial charge in [0.2, 0.25) is 0 Å². The normalized spacial score (nSPS) is 19.5. The first kappa shape index (κ1) is 22.6. The molecule has 1 aliphatic carbocycles. The zero-order chi connectivity index (χ0) is 23.8. The molecule has 174 valence electrons. The van der Waals surface area contributed by atoms with E-state index in [1.165, 1.54) is 0 Å². The van der Waals surface area contributed by atoms with Crippen molar-refractivity contribution in [3.8, 4) is 11.1 Å². The van der Waals surface area contributed by atoms with Crippen molar-refractivity contribution in [2.75, 3.05) is 13.2 Å². The van der Waals surface area contributed by atoms with E-state index in [0.717, 1.165) is 27.2 Å². The third-order valence-electron chi connectivity index (χ3n) is 5.88. The van der Waals surface area contributed by atoms with Crippen molar-refractivity contribution in [1.82, 2.24) is 10.2 Å². The Kier molecular flexibility index (Phi) is 6.01. The molecule has 1 fully saturated rings. The van der Waals surface area contributed by atoms with Gasteiger partial charge in [0.25, 0.3) is 0 Å². The summed E-state index contributed by atoms with van der Waals surface area (Å²) in [7, 11) is 0. The molecule has 1 unspecified atom stereocenters. The van der Waals surface area contributed by atoms with Crippen LogP contribution in [0.4, 0.5) is 9.59 Å². The molecule has 0 aromatic heterocycles. The number of nitrogens with zero attached hydrogens (tertiary/aromatic N) is 1. The maximum atomic E-state index is 12.5. The van der Waals surface area contributed by atoms with Crippen molar-refractivity contribution in [2.45, 2.75) is 50.8 Å². The lowest BCUT2D eigenvalue weighted by Gasteiger charge is -2.26. The highest BCUT2D eigenvalue weighted by molar-refractivity contribution is 5.82. The average molecular weight is 453 g/mol. The highest BCUT2D eigenvalue weighted by Gasteiger charge is 2.42. The fraction of sp³-hybridized carbons (Fsp3) is 0.400. The average Bonchev–Trinajstić information content (AvgIpc) is 3.31. The van der Waals surface area contributed by atoms with Crippen molar-refractivity contribution < 1.29 is 29.0 Å². The quantitative estimate of drug-likeness (QED) is 0.727.